The van der Waals surface area contributed by atoms with E-state index in [1.807, 2.05) is 61.2 Å². The molecule has 4 aromatic rings. The Morgan fingerprint density at radius 2 is 1.67 bits per heavy atom. The zero-order valence-corrected chi connectivity index (χ0v) is 31.6. The maximum absolute atomic E-state index is 14.2. The van der Waals surface area contributed by atoms with Gasteiger partial charge in [0.2, 0.25) is 10.0 Å². The van der Waals surface area contributed by atoms with Crippen LogP contribution >= 0.6 is 0 Å². The van der Waals surface area contributed by atoms with Crippen molar-refractivity contribution in [3.63, 3.8) is 0 Å². The van der Waals surface area contributed by atoms with E-state index in [9.17, 15) is 36.5 Å². The highest BCUT2D eigenvalue weighted by Crippen LogP contribution is 2.38. The largest absolute Gasteiger partial charge is 0.494 e. The molecule has 4 aromatic carbocycles. The van der Waals surface area contributed by atoms with E-state index in [2.05, 4.69) is 0 Å². The molecule has 1 saturated heterocycles. The Bertz CT molecular complexity index is 2120. The second kappa shape index (κ2) is 17.5. The van der Waals surface area contributed by atoms with Crippen molar-refractivity contribution >= 4 is 27.3 Å². The third-order valence-electron chi connectivity index (χ3n) is 9.37. The molecule has 0 spiro atoms. The highest BCUT2D eigenvalue weighted by atomic mass is 32.2. The molecule has 0 radical (unpaired) electrons. The number of nitro benzene ring substituents is 1. The lowest BCUT2D eigenvalue weighted by Crippen LogP contribution is -2.55. The summed E-state index contributed by atoms with van der Waals surface area (Å²) in [7, 11) is -4.46. The molecular formula is C39H44F3N5O7S. The number of halogens is 3. The number of para-hydroxylation sites is 2. The van der Waals surface area contributed by atoms with Gasteiger partial charge >= 0.3 is 6.18 Å². The van der Waals surface area contributed by atoms with Crippen LogP contribution in [-0.4, -0.2) is 80.4 Å². The highest BCUT2D eigenvalue weighted by molar-refractivity contribution is 7.89. The van der Waals surface area contributed by atoms with Gasteiger partial charge in [-0.3, -0.25) is 14.9 Å². The monoisotopic (exact) mass is 783 g/mol. The number of carbonyl (C=O) groups is 1. The second-order valence-electron chi connectivity index (χ2n) is 12.8. The first kappa shape index (κ1) is 41.0. The lowest BCUT2D eigenvalue weighted by molar-refractivity contribution is -0.387. The smallest absolute Gasteiger partial charge is 0.417 e. The Morgan fingerprint density at radius 3 is 2.35 bits per heavy atom. The number of nitrogens with two attached hydrogens (primary N) is 1. The summed E-state index contributed by atoms with van der Waals surface area (Å²) in [5, 5.41) is 11.9. The van der Waals surface area contributed by atoms with Crippen molar-refractivity contribution in [2.75, 3.05) is 50.8 Å². The first-order valence-corrected chi connectivity index (χ1v) is 19.4. The van der Waals surface area contributed by atoms with Crippen LogP contribution in [-0.2, 0) is 22.7 Å². The van der Waals surface area contributed by atoms with Crippen LogP contribution in [0, 0.1) is 10.1 Å². The van der Waals surface area contributed by atoms with Gasteiger partial charge in [-0.15, -0.1) is 0 Å². The average molecular weight is 784 g/mol. The molecule has 1 unspecified atom stereocenters. The third-order valence-corrected chi connectivity index (χ3v) is 11.3. The van der Waals surface area contributed by atoms with Crippen LogP contribution in [0.15, 0.2) is 89.8 Å². The first-order chi connectivity index (χ1) is 26.2. The molecule has 5 rings (SSSR count). The number of hydrogen-bond acceptors (Lipinski definition) is 9. The number of ether oxygens (including phenoxy) is 2. The van der Waals surface area contributed by atoms with Gasteiger partial charge in [-0.1, -0.05) is 43.3 Å². The van der Waals surface area contributed by atoms with Gasteiger partial charge in [0.05, 0.1) is 29.3 Å². The molecular weight excluding hydrogens is 740 g/mol. The molecule has 0 aromatic heterocycles. The maximum Gasteiger partial charge on any atom is 0.417 e. The predicted molar refractivity (Wildman–Crippen MR) is 203 cm³/mol. The Kier molecular flexibility index (Phi) is 13.1. The minimum Gasteiger partial charge on any atom is -0.494 e. The summed E-state index contributed by atoms with van der Waals surface area (Å²) in [4.78, 5) is 27.9. The molecule has 294 valence electrons. The molecule has 1 aliphatic rings. The van der Waals surface area contributed by atoms with Crippen LogP contribution in [0.5, 0.6) is 11.5 Å². The summed E-state index contributed by atoms with van der Waals surface area (Å²) in [6, 6.07) is 21.0. The first-order valence-electron chi connectivity index (χ1n) is 17.9. The van der Waals surface area contributed by atoms with Crippen molar-refractivity contribution in [2.24, 2.45) is 5.73 Å². The van der Waals surface area contributed by atoms with E-state index in [0.717, 1.165) is 33.6 Å². The molecule has 1 heterocycles. The number of sulfonamides is 1. The summed E-state index contributed by atoms with van der Waals surface area (Å²) < 4.78 is 83.1. The Hall–Kier alpha value is -5.19. The van der Waals surface area contributed by atoms with E-state index in [1.165, 1.54) is 29.2 Å². The van der Waals surface area contributed by atoms with Gasteiger partial charge < -0.3 is 25.0 Å². The average Bonchev–Trinajstić information content (AvgIpc) is 3.17. The molecule has 1 atom stereocenters. The van der Waals surface area contributed by atoms with Crippen LogP contribution in [0.3, 0.4) is 0 Å². The van der Waals surface area contributed by atoms with E-state index in [4.69, 9.17) is 15.2 Å². The van der Waals surface area contributed by atoms with Crippen molar-refractivity contribution < 1.29 is 40.8 Å². The summed E-state index contributed by atoms with van der Waals surface area (Å²) in [6.45, 7) is 5.92. The molecule has 12 nitrogen and oxygen atoms in total. The highest BCUT2D eigenvalue weighted by Gasteiger charge is 2.39. The van der Waals surface area contributed by atoms with Crippen molar-refractivity contribution in [3.8, 4) is 22.6 Å². The maximum atomic E-state index is 14.2. The van der Waals surface area contributed by atoms with Crippen molar-refractivity contribution in [3.05, 3.63) is 112 Å². The van der Waals surface area contributed by atoms with Gasteiger partial charge in [-0.05, 0) is 73.9 Å². The molecule has 0 saturated carbocycles. The van der Waals surface area contributed by atoms with E-state index >= 15 is 0 Å². The lowest BCUT2D eigenvalue weighted by atomic mass is 9.98. The standard InChI is InChI=1S/C39H44F3N5O7S/c1-4-29-26-44(38(48)32-17-16-30(53-5-2)24-33(32)39(40,41)42)21-22-46(29)34-18-15-27(31-11-7-9-13-36(31)54-6-3)23-28(34)25-45(20-19-43)55(51,52)37-14-10-8-12-35(37)47(49)50/h7-18,23-24,29H,4-6,19-22,25-26,43H2,1-3H3. The van der Waals surface area contributed by atoms with Crippen LogP contribution in [0.1, 0.15) is 48.7 Å². The zero-order chi connectivity index (χ0) is 39.9. The summed E-state index contributed by atoms with van der Waals surface area (Å²) >= 11 is 0. The van der Waals surface area contributed by atoms with Crippen LogP contribution < -0.4 is 20.1 Å². The van der Waals surface area contributed by atoms with Crippen LogP contribution in [0.25, 0.3) is 11.1 Å². The van der Waals surface area contributed by atoms with Gasteiger partial charge in [-0.25, -0.2) is 8.42 Å². The number of nitro groups is 1. The van der Waals surface area contributed by atoms with Gasteiger partial charge in [0, 0.05) is 62.6 Å². The van der Waals surface area contributed by atoms with Crippen molar-refractivity contribution in [2.45, 2.75) is 50.9 Å². The predicted octanol–water partition coefficient (Wildman–Crippen LogP) is 6.97. The van der Waals surface area contributed by atoms with E-state index in [1.54, 1.807) is 6.92 Å². The summed E-state index contributed by atoms with van der Waals surface area (Å²) in [5.41, 5.74) is 6.44. The van der Waals surface area contributed by atoms with E-state index in [-0.39, 0.29) is 57.7 Å². The molecule has 1 amide bonds. The quantitative estimate of drug-likeness (QED) is 0.0997. The number of piperazine rings is 1. The number of nitrogens with zero attached hydrogens (tertiary/aromatic N) is 4. The fourth-order valence-corrected chi connectivity index (χ4v) is 8.40. The van der Waals surface area contributed by atoms with Crippen molar-refractivity contribution in [1.82, 2.24) is 9.21 Å². The number of anilines is 1. The van der Waals surface area contributed by atoms with Gasteiger partial charge in [-0.2, -0.15) is 17.5 Å². The fraction of sp³-hybridized carbons (Fsp3) is 0.359. The molecule has 1 aliphatic heterocycles. The van der Waals surface area contributed by atoms with Crippen molar-refractivity contribution in [1.29, 1.82) is 0 Å². The number of carbonyl (C=O) groups excluding carboxylic acids is 1. The number of rotatable bonds is 15. The molecule has 2 N–H and O–H groups in total. The SMILES string of the molecule is CCOc1ccc(C(=O)N2CCN(c3ccc(-c4ccccc4OCC)cc3CN(CCN)S(=O)(=O)c3ccccc3[N+](=O)[O-])C(CC)C2)c(C(F)(F)F)c1. The zero-order valence-electron chi connectivity index (χ0n) is 30.8. The van der Waals surface area contributed by atoms with E-state index < -0.39 is 48.7 Å². The second-order valence-corrected chi connectivity index (χ2v) is 14.7. The molecule has 55 heavy (non-hydrogen) atoms. The fourth-order valence-electron chi connectivity index (χ4n) is 6.81. The molecule has 0 bridgehead atoms. The van der Waals surface area contributed by atoms with E-state index in [0.29, 0.717) is 30.0 Å². The number of hydrogen-bond donors (Lipinski definition) is 1. The van der Waals surface area contributed by atoms with Crippen LogP contribution in [0.4, 0.5) is 24.5 Å². The molecule has 0 aliphatic carbocycles. The third kappa shape index (κ3) is 9.03. The molecule has 1 fully saturated rings. The van der Waals surface area contributed by atoms with Gasteiger partial charge in [0.25, 0.3) is 11.6 Å². The molecule has 16 heteroatoms. The summed E-state index contributed by atoms with van der Waals surface area (Å²) in [6.07, 6.45) is -4.30. The Balaban J connectivity index is 1.56. The minimum atomic E-state index is -4.79. The number of benzene rings is 4. The lowest BCUT2D eigenvalue weighted by Gasteiger charge is -2.43. The summed E-state index contributed by atoms with van der Waals surface area (Å²) in [5.74, 6) is -0.141. The Labute approximate surface area is 318 Å². The topological polar surface area (TPSA) is 149 Å². The van der Waals surface area contributed by atoms with Gasteiger partial charge in [0.15, 0.2) is 4.90 Å². The minimum absolute atomic E-state index is 0.00930. The van der Waals surface area contributed by atoms with Crippen LogP contribution in [0.2, 0.25) is 0 Å². The number of amides is 1. The number of alkyl halides is 3. The van der Waals surface area contributed by atoms with Gasteiger partial charge in [0.1, 0.15) is 11.5 Å². The normalized spacial score (nSPS) is 14.9. The Morgan fingerprint density at radius 1 is 0.964 bits per heavy atom.